The molecule has 0 N–H and O–H groups in total. The summed E-state index contributed by atoms with van der Waals surface area (Å²) in [5.74, 6) is 0.533. The van der Waals surface area contributed by atoms with Gasteiger partial charge in [-0.15, -0.1) is 0 Å². The lowest BCUT2D eigenvalue weighted by molar-refractivity contribution is -0.138. The van der Waals surface area contributed by atoms with Crippen LogP contribution in [0.25, 0.3) is 0 Å². The molecule has 0 aromatic carbocycles. The van der Waals surface area contributed by atoms with Gasteiger partial charge in [0.15, 0.2) is 0 Å². The van der Waals surface area contributed by atoms with Gasteiger partial charge in [-0.05, 0) is 59.1 Å². The Labute approximate surface area is 172 Å². The van der Waals surface area contributed by atoms with Crippen LogP contribution in [-0.2, 0) is 27.9 Å². The van der Waals surface area contributed by atoms with E-state index in [1.165, 1.54) is 22.3 Å². The molecule has 29 heavy (non-hydrogen) atoms. The molecule has 0 spiro atoms. The van der Waals surface area contributed by atoms with Crippen LogP contribution in [0, 0.1) is 13.8 Å². The van der Waals surface area contributed by atoms with Crippen molar-refractivity contribution in [3.05, 3.63) is 35.5 Å². The van der Waals surface area contributed by atoms with Crippen molar-refractivity contribution in [2.24, 2.45) is 0 Å². The van der Waals surface area contributed by atoms with Gasteiger partial charge in [0.1, 0.15) is 17.2 Å². The van der Waals surface area contributed by atoms with Crippen LogP contribution in [0.15, 0.2) is 27.7 Å². The van der Waals surface area contributed by atoms with E-state index in [2.05, 4.69) is 18.9 Å². The van der Waals surface area contributed by atoms with Gasteiger partial charge in [0.2, 0.25) is 15.9 Å². The first kappa shape index (κ1) is 21.6. The highest BCUT2D eigenvalue weighted by atomic mass is 32.2. The summed E-state index contributed by atoms with van der Waals surface area (Å²) in [6.07, 6.45) is 4.61. The summed E-state index contributed by atoms with van der Waals surface area (Å²) >= 11 is 0. The van der Waals surface area contributed by atoms with Crippen LogP contribution in [0.2, 0.25) is 0 Å². The van der Waals surface area contributed by atoms with Crippen molar-refractivity contribution in [1.29, 1.82) is 0 Å². The second-order valence-corrected chi connectivity index (χ2v) is 9.91. The van der Waals surface area contributed by atoms with Gasteiger partial charge < -0.3 is 9.32 Å². The van der Waals surface area contributed by atoms with E-state index >= 15 is 0 Å². The summed E-state index contributed by atoms with van der Waals surface area (Å²) in [6, 6.07) is 3.82. The summed E-state index contributed by atoms with van der Waals surface area (Å²) in [5.41, 5.74) is 0.862. The van der Waals surface area contributed by atoms with Crippen molar-refractivity contribution >= 4 is 15.9 Å². The zero-order valence-electron chi connectivity index (χ0n) is 17.8. The van der Waals surface area contributed by atoms with Crippen LogP contribution in [0.4, 0.5) is 0 Å². The molecule has 9 heteroatoms. The summed E-state index contributed by atoms with van der Waals surface area (Å²) in [5, 5.41) is 4.38. The highest BCUT2D eigenvalue weighted by Gasteiger charge is 2.32. The first-order valence-electron chi connectivity index (χ1n) is 9.96. The third-order valence-corrected chi connectivity index (χ3v) is 7.76. The highest BCUT2D eigenvalue weighted by Crippen LogP contribution is 2.26. The minimum absolute atomic E-state index is 0.0248. The Hall–Kier alpha value is -2.13. The summed E-state index contributed by atoms with van der Waals surface area (Å²) in [7, 11) is -2.26. The molecular formula is C20H30N4O4S. The Morgan fingerprint density at radius 1 is 1.28 bits per heavy atom. The molecule has 0 aliphatic carbocycles. The van der Waals surface area contributed by atoms with Crippen molar-refractivity contribution in [1.82, 2.24) is 19.0 Å². The van der Waals surface area contributed by atoms with Crippen LogP contribution in [0.3, 0.4) is 0 Å². The van der Waals surface area contributed by atoms with Crippen LogP contribution < -0.4 is 0 Å². The zero-order chi connectivity index (χ0) is 21.3. The van der Waals surface area contributed by atoms with E-state index < -0.39 is 10.0 Å². The molecule has 1 aliphatic heterocycles. The SMILES string of the molecule is Cc1nn(CC(=O)N2[C@@H](C)CCC[C@@H]2C)c(C)c1S(=O)(=O)N(C)Cc1ccco1. The lowest BCUT2D eigenvalue weighted by atomic mass is 9.97. The smallest absolute Gasteiger partial charge is 0.246 e. The maximum Gasteiger partial charge on any atom is 0.246 e. The largest absolute Gasteiger partial charge is 0.468 e. The molecule has 1 saturated heterocycles. The third kappa shape index (κ3) is 4.25. The van der Waals surface area contributed by atoms with E-state index in [0.717, 1.165) is 19.3 Å². The Bertz CT molecular complexity index is 955. The number of amides is 1. The van der Waals surface area contributed by atoms with Crippen LogP contribution >= 0.6 is 0 Å². The van der Waals surface area contributed by atoms with E-state index in [9.17, 15) is 13.2 Å². The van der Waals surface area contributed by atoms with Crippen LogP contribution in [0.1, 0.15) is 50.3 Å². The fourth-order valence-corrected chi connectivity index (χ4v) is 5.69. The Morgan fingerprint density at radius 2 is 1.93 bits per heavy atom. The standard InChI is InChI=1S/C20H30N4O4S/c1-14-8-6-9-15(2)24(14)19(25)13-23-17(4)20(16(3)21-23)29(26,27)22(5)12-18-10-7-11-28-18/h7,10-11,14-15H,6,8-9,12-13H2,1-5H3/t14-,15-/m0/s1. The van der Waals surface area contributed by atoms with E-state index in [1.54, 1.807) is 26.0 Å². The molecule has 2 aromatic rings. The van der Waals surface area contributed by atoms with Crippen molar-refractivity contribution in [2.75, 3.05) is 7.05 Å². The number of aromatic nitrogens is 2. The quantitative estimate of drug-likeness (QED) is 0.714. The van der Waals surface area contributed by atoms with Gasteiger partial charge in [0.25, 0.3) is 0 Å². The van der Waals surface area contributed by atoms with Gasteiger partial charge >= 0.3 is 0 Å². The van der Waals surface area contributed by atoms with Gasteiger partial charge in [0, 0.05) is 19.1 Å². The lowest BCUT2D eigenvalue weighted by Gasteiger charge is -2.39. The number of carbonyl (C=O) groups excluding carboxylic acids is 1. The molecule has 1 amide bonds. The van der Waals surface area contributed by atoms with E-state index in [0.29, 0.717) is 17.1 Å². The molecule has 3 heterocycles. The number of likely N-dealkylation sites (tertiary alicyclic amines) is 1. The Balaban J connectivity index is 1.83. The van der Waals surface area contributed by atoms with E-state index in [-0.39, 0.29) is 36.0 Å². The molecule has 1 fully saturated rings. The molecule has 1 aliphatic rings. The predicted molar refractivity (Wildman–Crippen MR) is 109 cm³/mol. The summed E-state index contributed by atoms with van der Waals surface area (Å²) < 4.78 is 34.3. The van der Waals surface area contributed by atoms with Gasteiger partial charge in [-0.25, -0.2) is 8.42 Å². The molecule has 8 nitrogen and oxygen atoms in total. The third-order valence-electron chi connectivity index (χ3n) is 5.71. The van der Waals surface area contributed by atoms with Gasteiger partial charge in [-0.3, -0.25) is 9.48 Å². The number of carbonyl (C=O) groups is 1. The second-order valence-electron chi connectivity index (χ2n) is 7.93. The van der Waals surface area contributed by atoms with Gasteiger partial charge in [0.05, 0.1) is 24.2 Å². The van der Waals surface area contributed by atoms with Crippen molar-refractivity contribution in [3.63, 3.8) is 0 Å². The predicted octanol–water partition coefficient (Wildman–Crippen LogP) is 2.70. The number of aryl methyl sites for hydroxylation is 1. The lowest BCUT2D eigenvalue weighted by Crippen LogP contribution is -2.48. The number of rotatable bonds is 6. The highest BCUT2D eigenvalue weighted by molar-refractivity contribution is 7.89. The molecule has 2 atom stereocenters. The normalized spacial score (nSPS) is 20.4. The zero-order valence-corrected chi connectivity index (χ0v) is 18.6. The van der Waals surface area contributed by atoms with E-state index in [4.69, 9.17) is 4.42 Å². The van der Waals surface area contributed by atoms with Crippen LogP contribution in [0.5, 0.6) is 0 Å². The molecule has 0 unspecified atom stereocenters. The molecule has 2 aromatic heterocycles. The Kier molecular flexibility index (Phi) is 6.19. The van der Waals surface area contributed by atoms with Gasteiger partial charge in [-0.1, -0.05) is 0 Å². The first-order chi connectivity index (χ1) is 13.6. The van der Waals surface area contributed by atoms with Crippen molar-refractivity contribution in [2.45, 2.75) is 77.0 Å². The first-order valence-corrected chi connectivity index (χ1v) is 11.4. The maximum absolute atomic E-state index is 13.1. The monoisotopic (exact) mass is 422 g/mol. The number of piperidine rings is 1. The maximum atomic E-state index is 13.1. The molecule has 0 saturated carbocycles. The molecule has 0 radical (unpaired) electrons. The average molecular weight is 423 g/mol. The minimum atomic E-state index is -3.77. The average Bonchev–Trinajstić information content (AvgIpc) is 3.23. The van der Waals surface area contributed by atoms with Crippen molar-refractivity contribution in [3.8, 4) is 0 Å². The molecule has 0 bridgehead atoms. The van der Waals surface area contributed by atoms with Crippen molar-refractivity contribution < 1.29 is 17.6 Å². The minimum Gasteiger partial charge on any atom is -0.468 e. The number of hydrogen-bond donors (Lipinski definition) is 0. The summed E-state index contributed by atoms with van der Waals surface area (Å²) in [4.78, 5) is 15.0. The molecule has 160 valence electrons. The number of furan rings is 1. The van der Waals surface area contributed by atoms with Crippen LogP contribution in [-0.4, -0.2) is 52.4 Å². The molecule has 3 rings (SSSR count). The fourth-order valence-electron chi connectivity index (χ4n) is 4.19. The summed E-state index contributed by atoms with van der Waals surface area (Å²) in [6.45, 7) is 7.65. The number of hydrogen-bond acceptors (Lipinski definition) is 5. The topological polar surface area (TPSA) is 88.7 Å². The number of nitrogens with zero attached hydrogens (tertiary/aromatic N) is 4. The van der Waals surface area contributed by atoms with Gasteiger partial charge in [-0.2, -0.15) is 9.40 Å². The Morgan fingerprint density at radius 3 is 2.52 bits per heavy atom. The second kappa shape index (κ2) is 8.31. The fraction of sp³-hybridized carbons (Fsp3) is 0.600. The number of sulfonamides is 1. The molecular weight excluding hydrogens is 392 g/mol. The van der Waals surface area contributed by atoms with E-state index in [1.807, 2.05) is 4.90 Å².